The zero-order valence-electron chi connectivity index (χ0n) is 23.6. The number of anilines is 2. The number of aromatic nitrogens is 3. The van der Waals surface area contributed by atoms with E-state index in [1.165, 1.54) is 24.6 Å². The predicted octanol–water partition coefficient (Wildman–Crippen LogP) is 5.68. The molecular formula is C28H29F7N6O3. The Morgan fingerprint density at radius 3 is 2.43 bits per heavy atom. The van der Waals surface area contributed by atoms with Crippen molar-refractivity contribution in [1.29, 1.82) is 0 Å². The van der Waals surface area contributed by atoms with Crippen LogP contribution in [0, 0.1) is 17.6 Å². The first-order valence-corrected chi connectivity index (χ1v) is 13.5. The number of ether oxygens (including phenoxy) is 1. The Hall–Kier alpha value is -4.37. The third-order valence-electron chi connectivity index (χ3n) is 7.16. The number of benzene rings is 1. The number of halogens is 7. The number of alkyl halides is 5. The van der Waals surface area contributed by atoms with Gasteiger partial charge in [-0.2, -0.15) is 18.2 Å². The van der Waals surface area contributed by atoms with Crippen molar-refractivity contribution in [3.8, 4) is 5.88 Å². The standard InChI is InChI=1S/C28H29F7N6O3/c1-13(2)24(42)36-11-14-4-9-18(29)22(21(14)32)39-27-38-19-10-17(26(44-12-20(30)31)40-23(19)41(27)3)25(43)37-16-7-5-15(6-8-16)28(33,34)35/h4,9-10,15-16,20H,1,5-8,11-12H2,2-3H3,(H,36,42)(H,37,43)(H,38,39). The summed E-state index contributed by atoms with van der Waals surface area (Å²) in [6, 6.07) is 2.72. The first-order chi connectivity index (χ1) is 20.6. The molecule has 2 aromatic heterocycles. The lowest BCUT2D eigenvalue weighted by molar-refractivity contribution is -0.182. The normalized spacial score (nSPS) is 17.0. The molecule has 2 heterocycles. The molecule has 2 amide bonds. The number of aryl methyl sites for hydroxylation is 1. The second-order valence-corrected chi connectivity index (χ2v) is 10.4. The highest BCUT2D eigenvalue weighted by Gasteiger charge is 2.41. The number of amides is 2. The first kappa shape index (κ1) is 32.5. The van der Waals surface area contributed by atoms with E-state index in [9.17, 15) is 35.9 Å². The number of pyridine rings is 1. The van der Waals surface area contributed by atoms with Gasteiger partial charge in [-0.25, -0.2) is 22.5 Å². The summed E-state index contributed by atoms with van der Waals surface area (Å²) in [5.41, 5.74) is -0.732. The van der Waals surface area contributed by atoms with Crippen LogP contribution in [0.4, 0.5) is 42.4 Å². The minimum absolute atomic E-state index is 0.00435. The monoisotopic (exact) mass is 630 g/mol. The number of hydrogen-bond donors (Lipinski definition) is 3. The molecule has 16 heteroatoms. The zero-order valence-corrected chi connectivity index (χ0v) is 23.6. The lowest BCUT2D eigenvalue weighted by atomic mass is 9.85. The summed E-state index contributed by atoms with van der Waals surface area (Å²) in [5, 5.41) is 7.59. The Bertz CT molecular complexity index is 1570. The van der Waals surface area contributed by atoms with Crippen molar-refractivity contribution < 1.29 is 45.1 Å². The fourth-order valence-corrected chi connectivity index (χ4v) is 4.73. The maximum atomic E-state index is 15.2. The Balaban J connectivity index is 1.61. The summed E-state index contributed by atoms with van der Waals surface area (Å²) < 4.78 is 101. The largest absolute Gasteiger partial charge is 0.471 e. The molecule has 1 aliphatic carbocycles. The molecule has 4 rings (SSSR count). The SMILES string of the molecule is C=C(C)C(=O)NCc1ccc(F)c(Nc2nc3cc(C(=O)NC4CCC(C(F)(F)F)CC4)c(OCC(F)F)nc3n2C)c1F. The van der Waals surface area contributed by atoms with Crippen LogP contribution < -0.4 is 20.7 Å². The van der Waals surface area contributed by atoms with E-state index in [4.69, 9.17) is 4.74 Å². The van der Waals surface area contributed by atoms with Gasteiger partial charge in [0, 0.05) is 30.8 Å². The van der Waals surface area contributed by atoms with Crippen molar-refractivity contribution in [2.24, 2.45) is 13.0 Å². The minimum atomic E-state index is -4.33. The van der Waals surface area contributed by atoms with Crippen molar-refractivity contribution in [3.63, 3.8) is 0 Å². The van der Waals surface area contributed by atoms with Crippen LogP contribution in [0.3, 0.4) is 0 Å². The van der Waals surface area contributed by atoms with Crippen LogP contribution in [-0.4, -0.2) is 51.6 Å². The van der Waals surface area contributed by atoms with Gasteiger partial charge in [0.2, 0.25) is 17.7 Å². The van der Waals surface area contributed by atoms with Gasteiger partial charge in [0.15, 0.2) is 18.1 Å². The zero-order chi connectivity index (χ0) is 32.3. The maximum Gasteiger partial charge on any atom is 0.391 e. The average Bonchev–Trinajstić information content (AvgIpc) is 3.26. The van der Waals surface area contributed by atoms with Gasteiger partial charge in [-0.05, 0) is 44.7 Å². The molecule has 0 unspecified atom stereocenters. The van der Waals surface area contributed by atoms with E-state index in [1.807, 2.05) is 0 Å². The number of carbonyl (C=O) groups excluding carboxylic acids is 2. The van der Waals surface area contributed by atoms with Crippen LogP contribution in [0.25, 0.3) is 11.2 Å². The van der Waals surface area contributed by atoms with Gasteiger partial charge in [0.25, 0.3) is 12.3 Å². The second-order valence-electron chi connectivity index (χ2n) is 10.4. The van der Waals surface area contributed by atoms with Gasteiger partial charge in [0.05, 0.1) is 5.92 Å². The van der Waals surface area contributed by atoms with E-state index in [0.29, 0.717) is 0 Å². The van der Waals surface area contributed by atoms with Crippen LogP contribution in [0.1, 0.15) is 48.5 Å². The Kier molecular flexibility index (Phi) is 9.69. The van der Waals surface area contributed by atoms with E-state index < -0.39 is 66.2 Å². The van der Waals surface area contributed by atoms with E-state index in [0.717, 1.165) is 12.1 Å². The first-order valence-electron chi connectivity index (χ1n) is 13.5. The molecule has 0 saturated heterocycles. The van der Waals surface area contributed by atoms with Crippen molar-refractivity contribution in [1.82, 2.24) is 25.2 Å². The molecule has 1 aromatic carbocycles. The Morgan fingerprint density at radius 2 is 1.82 bits per heavy atom. The number of imidazole rings is 1. The molecular weight excluding hydrogens is 601 g/mol. The van der Waals surface area contributed by atoms with Crippen molar-refractivity contribution in [2.45, 2.75) is 57.8 Å². The molecule has 0 radical (unpaired) electrons. The van der Waals surface area contributed by atoms with Gasteiger partial charge in [-0.1, -0.05) is 12.6 Å². The maximum absolute atomic E-state index is 15.2. The number of carbonyl (C=O) groups is 2. The number of hydrogen-bond acceptors (Lipinski definition) is 6. The molecule has 0 bridgehead atoms. The second kappa shape index (κ2) is 13.1. The van der Waals surface area contributed by atoms with Gasteiger partial charge in [0.1, 0.15) is 22.6 Å². The lowest BCUT2D eigenvalue weighted by Gasteiger charge is -2.30. The molecule has 0 aliphatic heterocycles. The molecule has 0 atom stereocenters. The predicted molar refractivity (Wildman–Crippen MR) is 146 cm³/mol. The molecule has 3 N–H and O–H groups in total. The van der Waals surface area contributed by atoms with Crippen LogP contribution in [0.15, 0.2) is 30.4 Å². The highest BCUT2D eigenvalue weighted by atomic mass is 19.4. The third-order valence-corrected chi connectivity index (χ3v) is 7.16. The Morgan fingerprint density at radius 1 is 1.14 bits per heavy atom. The topological polar surface area (TPSA) is 110 Å². The summed E-state index contributed by atoms with van der Waals surface area (Å²) in [7, 11) is 1.41. The van der Waals surface area contributed by atoms with Gasteiger partial charge in [-0.3, -0.25) is 14.2 Å². The van der Waals surface area contributed by atoms with Crippen molar-refractivity contribution in [3.05, 3.63) is 53.1 Å². The van der Waals surface area contributed by atoms with E-state index in [2.05, 4.69) is 32.5 Å². The van der Waals surface area contributed by atoms with Gasteiger partial charge >= 0.3 is 6.18 Å². The fraction of sp³-hybridized carbons (Fsp3) is 0.429. The Labute approximate surface area is 246 Å². The number of nitrogens with zero attached hydrogens (tertiary/aromatic N) is 3. The van der Waals surface area contributed by atoms with Crippen LogP contribution in [0.2, 0.25) is 0 Å². The van der Waals surface area contributed by atoms with Crippen LogP contribution >= 0.6 is 0 Å². The van der Waals surface area contributed by atoms with E-state index >= 15 is 4.39 Å². The third kappa shape index (κ3) is 7.39. The summed E-state index contributed by atoms with van der Waals surface area (Å²) in [5.74, 6) is -5.45. The fourth-order valence-electron chi connectivity index (χ4n) is 4.73. The summed E-state index contributed by atoms with van der Waals surface area (Å²) in [6.07, 6.45) is -7.48. The molecule has 1 saturated carbocycles. The molecule has 1 fully saturated rings. The highest BCUT2D eigenvalue weighted by molar-refractivity contribution is 5.99. The highest BCUT2D eigenvalue weighted by Crippen LogP contribution is 2.38. The molecule has 9 nitrogen and oxygen atoms in total. The molecule has 3 aromatic rings. The smallest absolute Gasteiger partial charge is 0.391 e. The van der Waals surface area contributed by atoms with Crippen molar-refractivity contribution in [2.75, 3.05) is 11.9 Å². The number of fused-ring (bicyclic) bond motifs is 1. The van der Waals surface area contributed by atoms with Crippen molar-refractivity contribution >= 4 is 34.6 Å². The molecule has 0 spiro atoms. The molecule has 238 valence electrons. The quantitative estimate of drug-likeness (QED) is 0.197. The lowest BCUT2D eigenvalue weighted by Crippen LogP contribution is -2.40. The molecule has 44 heavy (non-hydrogen) atoms. The van der Waals surface area contributed by atoms with Crippen LogP contribution in [0.5, 0.6) is 5.88 Å². The summed E-state index contributed by atoms with van der Waals surface area (Å²) in [6.45, 7) is 3.58. The number of rotatable bonds is 10. The van der Waals surface area contributed by atoms with Gasteiger partial charge in [-0.15, -0.1) is 0 Å². The number of nitrogens with one attached hydrogen (secondary N) is 3. The van der Waals surface area contributed by atoms with E-state index in [1.54, 1.807) is 0 Å². The molecule has 1 aliphatic rings. The minimum Gasteiger partial charge on any atom is -0.471 e. The van der Waals surface area contributed by atoms with Gasteiger partial charge < -0.3 is 20.7 Å². The summed E-state index contributed by atoms with van der Waals surface area (Å²) in [4.78, 5) is 33.3. The van der Waals surface area contributed by atoms with Crippen LogP contribution in [-0.2, 0) is 18.4 Å². The van der Waals surface area contributed by atoms with E-state index in [-0.39, 0.29) is 66.0 Å². The summed E-state index contributed by atoms with van der Waals surface area (Å²) >= 11 is 0. The average molecular weight is 631 g/mol.